The molecule has 0 radical (unpaired) electrons. The van der Waals surface area contributed by atoms with Crippen molar-refractivity contribution in [2.45, 2.75) is 38.0 Å². The van der Waals surface area contributed by atoms with Crippen LogP contribution in [0.5, 0.6) is 0 Å². The summed E-state index contributed by atoms with van der Waals surface area (Å²) >= 11 is 5.45. The molecule has 1 unspecified atom stereocenters. The monoisotopic (exact) mass is 472 g/mol. The van der Waals surface area contributed by atoms with E-state index in [1.54, 1.807) is 0 Å². The minimum absolute atomic E-state index is 0.0787. The van der Waals surface area contributed by atoms with Crippen LogP contribution >= 0.6 is 11.6 Å². The molecule has 2 aliphatic rings. The van der Waals surface area contributed by atoms with E-state index >= 15 is 0 Å². The van der Waals surface area contributed by atoms with Gasteiger partial charge in [-0.3, -0.25) is 4.79 Å². The number of alkyl halides is 3. The molecule has 1 saturated heterocycles. The molecule has 2 fully saturated rings. The number of nitrogens with zero attached hydrogens (tertiary/aromatic N) is 1. The van der Waals surface area contributed by atoms with Gasteiger partial charge in [0.1, 0.15) is 5.82 Å². The fourth-order valence-electron chi connectivity index (χ4n) is 3.83. The molecule has 1 amide bonds. The van der Waals surface area contributed by atoms with Gasteiger partial charge in [0.2, 0.25) is 5.91 Å². The lowest BCUT2D eigenvalue weighted by atomic mass is 9.93. The third-order valence-electron chi connectivity index (χ3n) is 6.07. The second kappa shape index (κ2) is 9.77. The van der Waals surface area contributed by atoms with E-state index in [4.69, 9.17) is 17.3 Å². The first-order valence-corrected chi connectivity index (χ1v) is 10.7. The molecule has 4 rings (SSSR count). The standard InChI is InChI=1S/C16H20F3NO.C7H5ClFNO/c17-16(18,19)13-3-1-12(2-4-13)14(21)11-20-9-7-15(5-6-15)8-10-20;8-5-1-4(7(10)11)2-6(9)3-5/h1-4,14,21H,5-11H2;1-3H,(H2,10,11). The Balaban J connectivity index is 0.000000222. The van der Waals surface area contributed by atoms with Gasteiger partial charge in [-0.1, -0.05) is 23.7 Å². The Morgan fingerprint density at radius 2 is 1.69 bits per heavy atom. The van der Waals surface area contributed by atoms with Gasteiger partial charge in [0.15, 0.2) is 0 Å². The number of amides is 1. The van der Waals surface area contributed by atoms with E-state index in [0.717, 1.165) is 37.4 Å². The fraction of sp³-hybridized carbons (Fsp3) is 0.435. The second-order valence-electron chi connectivity index (χ2n) is 8.46. The molecule has 1 heterocycles. The maximum absolute atomic E-state index is 12.5. The van der Waals surface area contributed by atoms with Gasteiger partial charge in [0.05, 0.1) is 11.7 Å². The molecule has 1 aliphatic heterocycles. The molecular weight excluding hydrogens is 448 g/mol. The molecule has 1 aliphatic carbocycles. The van der Waals surface area contributed by atoms with Crippen molar-refractivity contribution < 1.29 is 27.5 Å². The van der Waals surface area contributed by atoms with Crippen molar-refractivity contribution >= 4 is 17.5 Å². The number of primary amides is 1. The highest BCUT2D eigenvalue weighted by Gasteiger charge is 2.44. The summed E-state index contributed by atoms with van der Waals surface area (Å²) in [5, 5.41) is 10.4. The predicted molar refractivity (Wildman–Crippen MR) is 114 cm³/mol. The Bertz CT molecular complexity index is 916. The summed E-state index contributed by atoms with van der Waals surface area (Å²) < 4.78 is 50.0. The molecule has 2 aromatic rings. The van der Waals surface area contributed by atoms with Crippen LogP contribution in [0, 0.1) is 11.2 Å². The van der Waals surface area contributed by atoms with Gasteiger partial charge in [0, 0.05) is 17.1 Å². The molecule has 1 spiro atoms. The van der Waals surface area contributed by atoms with Crippen LogP contribution in [-0.2, 0) is 6.18 Å². The number of rotatable bonds is 4. The highest BCUT2D eigenvalue weighted by atomic mass is 35.5. The summed E-state index contributed by atoms with van der Waals surface area (Å²) in [5.41, 5.74) is 5.44. The summed E-state index contributed by atoms with van der Waals surface area (Å²) in [6.07, 6.45) is -0.000501. The molecule has 1 saturated carbocycles. The largest absolute Gasteiger partial charge is 0.416 e. The van der Waals surface area contributed by atoms with Gasteiger partial charge in [-0.15, -0.1) is 0 Å². The smallest absolute Gasteiger partial charge is 0.387 e. The molecule has 0 aromatic heterocycles. The van der Waals surface area contributed by atoms with Crippen LogP contribution in [0.1, 0.15) is 53.3 Å². The van der Waals surface area contributed by atoms with E-state index in [2.05, 4.69) is 4.90 Å². The summed E-state index contributed by atoms with van der Waals surface area (Å²) in [5.74, 6) is -1.25. The summed E-state index contributed by atoms with van der Waals surface area (Å²) in [4.78, 5) is 12.7. The first kappa shape index (κ1) is 24.5. The number of aliphatic hydroxyl groups excluding tert-OH is 1. The van der Waals surface area contributed by atoms with Crippen molar-refractivity contribution in [2.75, 3.05) is 19.6 Å². The number of carbonyl (C=O) groups is 1. The fourth-order valence-corrected chi connectivity index (χ4v) is 4.05. The van der Waals surface area contributed by atoms with Gasteiger partial charge < -0.3 is 15.7 Å². The minimum atomic E-state index is -4.32. The van der Waals surface area contributed by atoms with Crippen LogP contribution in [0.2, 0.25) is 5.02 Å². The minimum Gasteiger partial charge on any atom is -0.387 e. The number of carbonyl (C=O) groups excluding carboxylic acids is 1. The zero-order valence-electron chi connectivity index (χ0n) is 17.3. The molecule has 1 atom stereocenters. The first-order valence-electron chi connectivity index (χ1n) is 10.3. The van der Waals surface area contributed by atoms with E-state index in [0.29, 0.717) is 17.5 Å². The number of halogens is 5. The Hall–Kier alpha value is -2.16. The molecule has 32 heavy (non-hydrogen) atoms. The van der Waals surface area contributed by atoms with E-state index in [1.807, 2.05) is 0 Å². The maximum Gasteiger partial charge on any atom is 0.416 e. The summed E-state index contributed by atoms with van der Waals surface area (Å²) in [7, 11) is 0. The third kappa shape index (κ3) is 6.67. The zero-order valence-corrected chi connectivity index (χ0v) is 18.1. The molecule has 2 aromatic carbocycles. The predicted octanol–water partition coefficient (Wildman–Crippen LogP) is 5.19. The van der Waals surface area contributed by atoms with Crippen molar-refractivity contribution in [3.05, 3.63) is 70.0 Å². The van der Waals surface area contributed by atoms with Gasteiger partial charge in [-0.2, -0.15) is 13.2 Å². The van der Waals surface area contributed by atoms with E-state index < -0.39 is 29.6 Å². The lowest BCUT2D eigenvalue weighted by Gasteiger charge is -2.33. The Labute approximate surface area is 189 Å². The van der Waals surface area contributed by atoms with Crippen LogP contribution in [0.25, 0.3) is 0 Å². The average molecular weight is 473 g/mol. The lowest BCUT2D eigenvalue weighted by molar-refractivity contribution is -0.137. The summed E-state index contributed by atoms with van der Waals surface area (Å²) in [6, 6.07) is 8.27. The number of hydrogen-bond donors (Lipinski definition) is 2. The molecule has 3 N–H and O–H groups in total. The van der Waals surface area contributed by atoms with Crippen LogP contribution in [0.4, 0.5) is 17.6 Å². The highest BCUT2D eigenvalue weighted by Crippen LogP contribution is 2.53. The van der Waals surface area contributed by atoms with Crippen molar-refractivity contribution in [1.29, 1.82) is 0 Å². The molecular formula is C23H25ClF4N2O2. The van der Waals surface area contributed by atoms with Crippen LogP contribution in [-0.4, -0.2) is 35.5 Å². The van der Waals surface area contributed by atoms with Crippen molar-refractivity contribution in [1.82, 2.24) is 4.90 Å². The Kier molecular flexibility index (Phi) is 7.47. The van der Waals surface area contributed by atoms with Gasteiger partial charge >= 0.3 is 6.18 Å². The SMILES string of the molecule is NC(=O)c1cc(F)cc(Cl)c1.OC(CN1CCC2(CC1)CC2)c1ccc(C(F)(F)F)cc1. The molecule has 4 nitrogen and oxygen atoms in total. The molecule has 0 bridgehead atoms. The molecule has 9 heteroatoms. The topological polar surface area (TPSA) is 66.6 Å². The van der Waals surface area contributed by atoms with Crippen LogP contribution < -0.4 is 5.73 Å². The van der Waals surface area contributed by atoms with Crippen molar-refractivity contribution in [3.63, 3.8) is 0 Å². The van der Waals surface area contributed by atoms with E-state index in [1.165, 1.54) is 43.9 Å². The normalized spacial score (nSPS) is 18.6. The Morgan fingerprint density at radius 1 is 1.09 bits per heavy atom. The zero-order chi connectivity index (χ0) is 23.5. The van der Waals surface area contributed by atoms with Gasteiger partial charge in [-0.05, 0) is 80.1 Å². The highest BCUT2D eigenvalue weighted by molar-refractivity contribution is 6.30. The second-order valence-corrected chi connectivity index (χ2v) is 8.89. The maximum atomic E-state index is 12.5. The van der Waals surface area contributed by atoms with Crippen LogP contribution in [0.15, 0.2) is 42.5 Å². The number of likely N-dealkylation sites (tertiary alicyclic amines) is 1. The van der Waals surface area contributed by atoms with Crippen molar-refractivity contribution in [3.8, 4) is 0 Å². The average Bonchev–Trinajstić information content (AvgIpc) is 3.48. The number of piperidine rings is 1. The van der Waals surface area contributed by atoms with E-state index in [9.17, 15) is 27.5 Å². The summed E-state index contributed by atoms with van der Waals surface area (Å²) in [6.45, 7) is 2.47. The van der Waals surface area contributed by atoms with Crippen LogP contribution in [0.3, 0.4) is 0 Å². The van der Waals surface area contributed by atoms with Gasteiger partial charge in [0.25, 0.3) is 0 Å². The van der Waals surface area contributed by atoms with Gasteiger partial charge in [-0.25, -0.2) is 4.39 Å². The number of aliphatic hydroxyl groups is 1. The lowest BCUT2D eigenvalue weighted by Crippen LogP contribution is -2.37. The first-order chi connectivity index (χ1) is 15.0. The molecule has 174 valence electrons. The number of hydrogen-bond acceptors (Lipinski definition) is 3. The third-order valence-corrected chi connectivity index (χ3v) is 6.29. The number of benzene rings is 2. The number of nitrogens with two attached hydrogens (primary N) is 1. The quantitative estimate of drug-likeness (QED) is 0.601. The van der Waals surface area contributed by atoms with Crippen molar-refractivity contribution in [2.24, 2.45) is 11.1 Å². The Morgan fingerprint density at radius 3 is 2.16 bits per heavy atom. The van der Waals surface area contributed by atoms with E-state index in [-0.39, 0.29) is 10.6 Å². The number of β-amino-alcohol motifs (C(OH)–C–C–N with tert-alkyl or cyclic N) is 1.